The highest BCUT2D eigenvalue weighted by Gasteiger charge is 2.14. The van der Waals surface area contributed by atoms with Crippen LogP contribution in [0.1, 0.15) is 22.2 Å². The van der Waals surface area contributed by atoms with Gasteiger partial charge in [0, 0.05) is 18.1 Å². The van der Waals surface area contributed by atoms with Crippen LogP contribution < -0.4 is 10.1 Å². The minimum atomic E-state index is -0.796. The van der Waals surface area contributed by atoms with Crippen molar-refractivity contribution in [3.05, 3.63) is 72.1 Å². The number of nitrogens with zero attached hydrogens (tertiary/aromatic N) is 1. The predicted molar refractivity (Wildman–Crippen MR) is 92.0 cm³/mol. The van der Waals surface area contributed by atoms with Crippen LogP contribution in [0.15, 0.2) is 60.8 Å². The number of pyridine rings is 1. The Morgan fingerprint density at radius 1 is 1.17 bits per heavy atom. The summed E-state index contributed by atoms with van der Waals surface area (Å²) in [4.78, 5) is 16.6. The molecule has 0 saturated heterocycles. The first-order chi connectivity index (χ1) is 11.7. The molecule has 1 amide bonds. The molecule has 1 unspecified atom stereocenters. The first kappa shape index (κ1) is 16.0. The van der Waals surface area contributed by atoms with Crippen molar-refractivity contribution in [1.29, 1.82) is 0 Å². The Balaban J connectivity index is 1.70. The molecule has 0 spiro atoms. The van der Waals surface area contributed by atoms with Crippen molar-refractivity contribution in [3.8, 4) is 5.75 Å². The average Bonchev–Trinajstić information content (AvgIpc) is 2.65. The third-order valence-corrected chi connectivity index (χ3v) is 3.85. The minimum absolute atomic E-state index is 0.107. The molecule has 0 saturated carbocycles. The second-order valence-corrected chi connectivity index (χ2v) is 5.38. The van der Waals surface area contributed by atoms with Gasteiger partial charge in [-0.2, -0.15) is 0 Å². The number of hydrogen-bond acceptors (Lipinski definition) is 4. The lowest BCUT2D eigenvalue weighted by atomic mass is 10.1. The van der Waals surface area contributed by atoms with Crippen LogP contribution in [0, 0.1) is 0 Å². The summed E-state index contributed by atoms with van der Waals surface area (Å²) in [7, 11) is 1.59. The summed E-state index contributed by atoms with van der Waals surface area (Å²) in [5, 5.41) is 14.7. The molecule has 3 aromatic rings. The molecule has 2 aromatic carbocycles. The molecule has 5 heteroatoms. The van der Waals surface area contributed by atoms with Crippen LogP contribution in [-0.2, 0) is 0 Å². The number of aromatic nitrogens is 1. The van der Waals surface area contributed by atoms with Crippen LogP contribution in [0.3, 0.4) is 0 Å². The van der Waals surface area contributed by atoms with E-state index in [0.717, 1.165) is 16.5 Å². The number of carbonyl (C=O) groups excluding carboxylic acids is 1. The predicted octanol–water partition coefficient (Wildman–Crippen LogP) is 2.71. The van der Waals surface area contributed by atoms with Crippen LogP contribution in [-0.4, -0.2) is 29.7 Å². The molecule has 0 bridgehead atoms. The zero-order valence-corrected chi connectivity index (χ0v) is 13.3. The SMILES string of the molecule is COc1ccc(C(O)CNC(=O)c2nccc3ccccc23)cc1. The third kappa shape index (κ3) is 3.36. The first-order valence-electron chi connectivity index (χ1n) is 7.63. The summed E-state index contributed by atoms with van der Waals surface area (Å²) in [6, 6.07) is 16.5. The lowest BCUT2D eigenvalue weighted by Crippen LogP contribution is -2.29. The maximum absolute atomic E-state index is 12.4. The number of benzene rings is 2. The fourth-order valence-electron chi connectivity index (χ4n) is 2.52. The third-order valence-electron chi connectivity index (χ3n) is 3.85. The summed E-state index contributed by atoms with van der Waals surface area (Å²) >= 11 is 0. The normalized spacial score (nSPS) is 11.9. The summed E-state index contributed by atoms with van der Waals surface area (Å²) in [6.07, 6.45) is 0.812. The number of nitrogens with one attached hydrogen (secondary N) is 1. The van der Waals surface area contributed by atoms with Crippen molar-refractivity contribution < 1.29 is 14.6 Å². The second-order valence-electron chi connectivity index (χ2n) is 5.38. The van der Waals surface area contributed by atoms with E-state index in [9.17, 15) is 9.90 Å². The van der Waals surface area contributed by atoms with Crippen LogP contribution in [0.25, 0.3) is 10.8 Å². The zero-order valence-electron chi connectivity index (χ0n) is 13.3. The van der Waals surface area contributed by atoms with Crippen molar-refractivity contribution >= 4 is 16.7 Å². The number of carbonyl (C=O) groups is 1. The van der Waals surface area contributed by atoms with E-state index in [2.05, 4.69) is 10.3 Å². The summed E-state index contributed by atoms with van der Waals surface area (Å²) in [5.74, 6) is 0.411. The van der Waals surface area contributed by atoms with E-state index in [1.807, 2.05) is 30.3 Å². The van der Waals surface area contributed by atoms with Gasteiger partial charge in [-0.25, -0.2) is 0 Å². The fraction of sp³-hybridized carbons (Fsp3) is 0.158. The van der Waals surface area contributed by atoms with Crippen LogP contribution in [0.5, 0.6) is 5.75 Å². The molecule has 1 atom stereocenters. The molecule has 1 heterocycles. The maximum atomic E-state index is 12.4. The largest absolute Gasteiger partial charge is 0.497 e. The smallest absolute Gasteiger partial charge is 0.270 e. The van der Waals surface area contributed by atoms with Crippen LogP contribution in [0.2, 0.25) is 0 Å². The number of rotatable bonds is 5. The number of fused-ring (bicyclic) bond motifs is 1. The quantitative estimate of drug-likeness (QED) is 0.757. The molecule has 5 nitrogen and oxygen atoms in total. The van der Waals surface area contributed by atoms with E-state index in [4.69, 9.17) is 4.74 Å². The molecular formula is C19H18N2O3. The van der Waals surface area contributed by atoms with Gasteiger partial charge in [-0.15, -0.1) is 0 Å². The number of amides is 1. The number of aliphatic hydroxyl groups excluding tert-OH is 1. The van der Waals surface area contributed by atoms with Gasteiger partial charge in [0.2, 0.25) is 0 Å². The molecule has 0 aliphatic heterocycles. The van der Waals surface area contributed by atoms with Gasteiger partial charge in [0.05, 0.1) is 13.2 Å². The molecule has 3 rings (SSSR count). The molecule has 1 aromatic heterocycles. The number of methoxy groups -OCH3 is 1. The van der Waals surface area contributed by atoms with Gasteiger partial charge in [0.15, 0.2) is 0 Å². The van der Waals surface area contributed by atoms with Gasteiger partial charge in [0.1, 0.15) is 11.4 Å². The van der Waals surface area contributed by atoms with E-state index < -0.39 is 6.10 Å². The number of hydrogen-bond donors (Lipinski definition) is 2. The molecule has 2 N–H and O–H groups in total. The second kappa shape index (κ2) is 7.10. The van der Waals surface area contributed by atoms with Gasteiger partial charge in [-0.3, -0.25) is 9.78 Å². The van der Waals surface area contributed by atoms with Gasteiger partial charge < -0.3 is 15.2 Å². The van der Waals surface area contributed by atoms with Crippen molar-refractivity contribution in [1.82, 2.24) is 10.3 Å². The van der Waals surface area contributed by atoms with Crippen molar-refractivity contribution in [3.63, 3.8) is 0 Å². The standard InChI is InChI=1S/C19H18N2O3/c1-24-15-8-6-14(7-9-15)17(22)12-21-19(23)18-16-5-3-2-4-13(16)10-11-20-18/h2-11,17,22H,12H2,1H3,(H,21,23). The summed E-state index contributed by atoms with van der Waals surface area (Å²) in [6.45, 7) is 0.107. The molecule has 122 valence electrons. The Morgan fingerprint density at radius 2 is 1.92 bits per heavy atom. The highest BCUT2D eigenvalue weighted by atomic mass is 16.5. The Labute approximate surface area is 139 Å². The first-order valence-corrected chi connectivity index (χ1v) is 7.63. The highest BCUT2D eigenvalue weighted by Crippen LogP contribution is 2.18. The Kier molecular flexibility index (Phi) is 4.72. The monoisotopic (exact) mass is 322 g/mol. The van der Waals surface area contributed by atoms with Crippen LogP contribution in [0.4, 0.5) is 0 Å². The molecule has 0 fully saturated rings. The van der Waals surface area contributed by atoms with E-state index >= 15 is 0 Å². The topological polar surface area (TPSA) is 71.5 Å². The molecule has 24 heavy (non-hydrogen) atoms. The lowest BCUT2D eigenvalue weighted by Gasteiger charge is -2.13. The van der Waals surface area contributed by atoms with Crippen LogP contribution >= 0.6 is 0 Å². The Bertz CT molecular complexity index is 841. The van der Waals surface area contributed by atoms with Gasteiger partial charge >= 0.3 is 0 Å². The van der Waals surface area contributed by atoms with Gasteiger partial charge in [-0.1, -0.05) is 36.4 Å². The van der Waals surface area contributed by atoms with E-state index in [1.54, 1.807) is 37.6 Å². The summed E-state index contributed by atoms with van der Waals surface area (Å²) < 4.78 is 5.09. The van der Waals surface area contributed by atoms with E-state index in [-0.39, 0.29) is 12.5 Å². The molecule has 0 aliphatic rings. The van der Waals surface area contributed by atoms with Gasteiger partial charge in [0.25, 0.3) is 5.91 Å². The van der Waals surface area contributed by atoms with Gasteiger partial charge in [-0.05, 0) is 29.1 Å². The van der Waals surface area contributed by atoms with Crippen molar-refractivity contribution in [2.45, 2.75) is 6.10 Å². The molecule has 0 aliphatic carbocycles. The Hall–Kier alpha value is -2.92. The maximum Gasteiger partial charge on any atom is 0.270 e. The van der Waals surface area contributed by atoms with Crippen molar-refractivity contribution in [2.24, 2.45) is 0 Å². The number of aliphatic hydroxyl groups is 1. The molecule has 0 radical (unpaired) electrons. The lowest BCUT2D eigenvalue weighted by molar-refractivity contribution is 0.0913. The zero-order chi connectivity index (χ0) is 16.9. The Morgan fingerprint density at radius 3 is 2.67 bits per heavy atom. The minimum Gasteiger partial charge on any atom is -0.497 e. The highest BCUT2D eigenvalue weighted by molar-refractivity contribution is 6.05. The van der Waals surface area contributed by atoms with Crippen molar-refractivity contribution in [2.75, 3.05) is 13.7 Å². The summed E-state index contributed by atoms with van der Waals surface area (Å²) in [5.41, 5.74) is 1.07. The van der Waals surface area contributed by atoms with E-state index in [0.29, 0.717) is 11.3 Å². The van der Waals surface area contributed by atoms with E-state index in [1.165, 1.54) is 0 Å². The fourth-order valence-corrected chi connectivity index (χ4v) is 2.52. The number of ether oxygens (including phenoxy) is 1. The average molecular weight is 322 g/mol. The molecular weight excluding hydrogens is 304 g/mol.